The number of hydrogen-bond acceptors (Lipinski definition) is 5. The Hall–Kier alpha value is -1.63. The van der Waals surface area contributed by atoms with Gasteiger partial charge in [-0.2, -0.15) is 0 Å². The first kappa shape index (κ1) is 20.1. The first-order valence-corrected chi connectivity index (χ1v) is 10.2. The molecule has 1 fully saturated rings. The summed E-state index contributed by atoms with van der Waals surface area (Å²) in [5, 5.41) is 12.8. The molecule has 2 atom stereocenters. The van der Waals surface area contributed by atoms with E-state index >= 15 is 0 Å². The third-order valence-corrected chi connectivity index (χ3v) is 5.88. The lowest BCUT2D eigenvalue weighted by molar-refractivity contribution is -0.135. The molecule has 0 bridgehead atoms. The van der Waals surface area contributed by atoms with Crippen molar-refractivity contribution in [1.82, 2.24) is 10.2 Å². The van der Waals surface area contributed by atoms with Gasteiger partial charge in [0.15, 0.2) is 0 Å². The summed E-state index contributed by atoms with van der Waals surface area (Å²) in [4.78, 5) is 15.1. The van der Waals surface area contributed by atoms with Crippen LogP contribution in [0.25, 0.3) is 0 Å². The van der Waals surface area contributed by atoms with E-state index in [2.05, 4.69) is 17.4 Å². The lowest BCUT2D eigenvalue weighted by atomic mass is 9.77. The minimum absolute atomic E-state index is 0.100. The zero-order chi connectivity index (χ0) is 19.2. The molecule has 4 N–H and O–H groups in total. The van der Waals surface area contributed by atoms with E-state index in [1.165, 1.54) is 43.2 Å². The highest BCUT2D eigenvalue weighted by Crippen LogP contribution is 2.42. The summed E-state index contributed by atoms with van der Waals surface area (Å²) in [6.45, 7) is 1.61. The number of carbonyl (C=O) groups is 1. The minimum atomic E-state index is -0.598. The van der Waals surface area contributed by atoms with E-state index in [-0.39, 0.29) is 25.1 Å². The molecule has 1 heterocycles. The maximum Gasteiger partial charge on any atom is 0.237 e. The van der Waals surface area contributed by atoms with Crippen LogP contribution in [-0.4, -0.2) is 55.4 Å². The Morgan fingerprint density at radius 3 is 2.89 bits per heavy atom. The average Bonchev–Trinajstić information content (AvgIpc) is 2.67. The number of hydrogen-bond donors (Lipinski definition) is 3. The van der Waals surface area contributed by atoms with Crippen molar-refractivity contribution in [3.63, 3.8) is 0 Å². The van der Waals surface area contributed by atoms with Crippen LogP contribution < -0.4 is 11.1 Å². The number of ether oxygens (including phenoxy) is 1. The fourth-order valence-electron chi connectivity index (χ4n) is 4.60. The van der Waals surface area contributed by atoms with Gasteiger partial charge in [0.2, 0.25) is 5.91 Å². The molecule has 0 saturated heterocycles. The highest BCUT2D eigenvalue weighted by atomic mass is 16.5. The van der Waals surface area contributed by atoms with E-state index in [0.29, 0.717) is 12.5 Å². The summed E-state index contributed by atoms with van der Waals surface area (Å²) < 4.78 is 4.93. The molecule has 150 valence electrons. The maximum atomic E-state index is 13.0. The molecule has 1 saturated carbocycles. The molecule has 1 aliphatic heterocycles. The smallest absolute Gasteiger partial charge is 0.237 e. The molecule has 1 amide bonds. The van der Waals surface area contributed by atoms with Crippen LogP contribution in [0.4, 0.5) is 5.69 Å². The van der Waals surface area contributed by atoms with Crippen LogP contribution in [0.3, 0.4) is 0 Å². The second-order valence-corrected chi connectivity index (χ2v) is 7.88. The van der Waals surface area contributed by atoms with E-state index in [4.69, 9.17) is 10.5 Å². The average molecular weight is 376 g/mol. The number of nitrogen functional groups attached to an aromatic ring is 1. The molecule has 1 aromatic carbocycles. The van der Waals surface area contributed by atoms with Gasteiger partial charge in [-0.25, -0.2) is 0 Å². The summed E-state index contributed by atoms with van der Waals surface area (Å²) >= 11 is 0. The quantitative estimate of drug-likeness (QED) is 0.633. The Kier molecular flexibility index (Phi) is 7.10. The number of anilines is 1. The van der Waals surface area contributed by atoms with Gasteiger partial charge in [0, 0.05) is 25.9 Å². The topological polar surface area (TPSA) is 87.8 Å². The standard InChI is InChI=1S/C21H33N3O3/c1-27-14-18(25)12-23-13-20(26)24-10-9-15-7-8-17(22)11-19(15)21(24)16-5-3-2-4-6-16/h7-8,11,16,18,21,23,25H,2-6,9-10,12-14,22H2,1H3. The molecule has 3 rings (SSSR count). The fraction of sp³-hybridized carbons (Fsp3) is 0.667. The SMILES string of the molecule is COCC(O)CNCC(=O)N1CCc2ccc(N)cc2C1C1CCCCC1. The third-order valence-electron chi connectivity index (χ3n) is 5.88. The van der Waals surface area contributed by atoms with Gasteiger partial charge in [0.05, 0.1) is 25.3 Å². The summed E-state index contributed by atoms with van der Waals surface area (Å²) in [5.41, 5.74) is 9.41. The molecule has 27 heavy (non-hydrogen) atoms. The van der Waals surface area contributed by atoms with Crippen molar-refractivity contribution in [3.05, 3.63) is 29.3 Å². The molecule has 0 spiro atoms. The van der Waals surface area contributed by atoms with Crippen LogP contribution >= 0.6 is 0 Å². The fourth-order valence-corrected chi connectivity index (χ4v) is 4.60. The van der Waals surface area contributed by atoms with Crippen LogP contribution in [0.15, 0.2) is 18.2 Å². The zero-order valence-corrected chi connectivity index (χ0v) is 16.3. The number of nitrogens with two attached hydrogens (primary N) is 1. The second kappa shape index (κ2) is 9.53. The number of nitrogens with zero attached hydrogens (tertiary/aromatic N) is 1. The molecule has 2 aliphatic rings. The van der Waals surface area contributed by atoms with Gasteiger partial charge >= 0.3 is 0 Å². The molecular formula is C21H33N3O3. The normalized spacial score (nSPS) is 21.7. The van der Waals surface area contributed by atoms with Gasteiger partial charge in [-0.1, -0.05) is 25.3 Å². The predicted molar refractivity (Wildman–Crippen MR) is 106 cm³/mol. The predicted octanol–water partition coefficient (Wildman–Crippen LogP) is 1.87. The van der Waals surface area contributed by atoms with Crippen molar-refractivity contribution in [2.45, 2.75) is 50.7 Å². The van der Waals surface area contributed by atoms with Gasteiger partial charge in [-0.05, 0) is 48.4 Å². The Morgan fingerprint density at radius 1 is 1.37 bits per heavy atom. The number of amides is 1. The first-order chi connectivity index (χ1) is 13.1. The van der Waals surface area contributed by atoms with Crippen molar-refractivity contribution in [2.24, 2.45) is 5.92 Å². The second-order valence-electron chi connectivity index (χ2n) is 7.88. The number of aliphatic hydroxyl groups excluding tert-OH is 1. The van der Waals surface area contributed by atoms with Crippen molar-refractivity contribution < 1.29 is 14.6 Å². The van der Waals surface area contributed by atoms with Crippen molar-refractivity contribution in [2.75, 3.05) is 39.1 Å². The van der Waals surface area contributed by atoms with Gasteiger partial charge in [0.1, 0.15) is 0 Å². The van der Waals surface area contributed by atoms with E-state index in [1.54, 1.807) is 7.11 Å². The minimum Gasteiger partial charge on any atom is -0.399 e. The molecular weight excluding hydrogens is 342 g/mol. The van der Waals surface area contributed by atoms with Crippen molar-refractivity contribution in [3.8, 4) is 0 Å². The summed E-state index contributed by atoms with van der Waals surface area (Å²) in [7, 11) is 1.56. The summed E-state index contributed by atoms with van der Waals surface area (Å²) in [6, 6.07) is 6.29. The zero-order valence-electron chi connectivity index (χ0n) is 16.3. The van der Waals surface area contributed by atoms with E-state index < -0.39 is 6.10 Å². The van der Waals surface area contributed by atoms with Crippen molar-refractivity contribution in [1.29, 1.82) is 0 Å². The Bertz CT molecular complexity index is 631. The largest absolute Gasteiger partial charge is 0.399 e. The van der Waals surface area contributed by atoms with Gasteiger partial charge in [-0.3, -0.25) is 4.79 Å². The molecule has 6 heteroatoms. The Labute approximate surface area is 162 Å². The highest BCUT2D eigenvalue weighted by molar-refractivity contribution is 5.79. The third kappa shape index (κ3) is 5.00. The number of nitrogens with one attached hydrogen (secondary N) is 1. The number of rotatable bonds is 7. The van der Waals surface area contributed by atoms with Crippen LogP contribution in [0, 0.1) is 5.92 Å². The maximum absolute atomic E-state index is 13.0. The Morgan fingerprint density at radius 2 is 2.15 bits per heavy atom. The van der Waals surface area contributed by atoms with Gasteiger partial charge in [-0.15, -0.1) is 0 Å². The lowest BCUT2D eigenvalue weighted by Gasteiger charge is -2.43. The van der Waals surface area contributed by atoms with Crippen LogP contribution in [0.5, 0.6) is 0 Å². The van der Waals surface area contributed by atoms with Crippen LogP contribution in [0.1, 0.15) is 49.3 Å². The number of methoxy groups -OCH3 is 1. The first-order valence-electron chi connectivity index (χ1n) is 10.2. The number of benzene rings is 1. The highest BCUT2D eigenvalue weighted by Gasteiger charge is 2.36. The Balaban J connectivity index is 1.73. The van der Waals surface area contributed by atoms with Crippen molar-refractivity contribution >= 4 is 11.6 Å². The van der Waals surface area contributed by atoms with E-state index in [9.17, 15) is 9.90 Å². The monoisotopic (exact) mass is 375 g/mol. The summed E-state index contributed by atoms with van der Waals surface area (Å²) in [5.74, 6) is 0.603. The number of aliphatic hydroxyl groups is 1. The van der Waals surface area contributed by atoms with Gasteiger partial charge in [0.25, 0.3) is 0 Å². The van der Waals surface area contributed by atoms with E-state index in [1.807, 2.05) is 11.0 Å². The molecule has 0 aromatic heterocycles. The number of fused-ring (bicyclic) bond motifs is 1. The number of carbonyl (C=O) groups excluding carboxylic acids is 1. The van der Waals surface area contributed by atoms with E-state index in [0.717, 1.165) is 18.7 Å². The van der Waals surface area contributed by atoms with Crippen LogP contribution in [0.2, 0.25) is 0 Å². The molecule has 0 radical (unpaired) electrons. The summed E-state index contributed by atoms with van der Waals surface area (Å²) in [6.07, 6.45) is 6.38. The molecule has 1 aliphatic carbocycles. The van der Waals surface area contributed by atoms with Gasteiger partial charge < -0.3 is 25.8 Å². The van der Waals surface area contributed by atoms with Crippen LogP contribution in [-0.2, 0) is 16.0 Å². The molecule has 2 unspecified atom stereocenters. The molecule has 1 aromatic rings. The lowest BCUT2D eigenvalue weighted by Crippen LogP contribution is -2.47. The molecule has 6 nitrogen and oxygen atoms in total.